The van der Waals surface area contributed by atoms with Crippen LogP contribution in [0.1, 0.15) is 101 Å². The average Bonchev–Trinajstić information content (AvgIpc) is 3.36. The molecule has 0 saturated heterocycles. The fraction of sp³-hybridized carbons (Fsp3) is 0.246. The van der Waals surface area contributed by atoms with Gasteiger partial charge in [0.1, 0.15) is 20.7 Å². The maximum Gasteiger partial charge on any atom is 0.216 e. The first-order chi connectivity index (χ1) is 33.8. The van der Waals surface area contributed by atoms with Crippen molar-refractivity contribution in [2.45, 2.75) is 115 Å². The van der Waals surface area contributed by atoms with Crippen LogP contribution in [0.25, 0.3) is 25.1 Å². The average molecular weight is 1050 g/mol. The summed E-state index contributed by atoms with van der Waals surface area (Å²) in [5, 5.41) is 15.3. The summed E-state index contributed by atoms with van der Waals surface area (Å²) in [5.74, 6) is 1.22. The number of sulfone groups is 1. The Balaban J connectivity index is 0.000000167. The molecule has 372 valence electrons. The molecule has 0 amide bonds. The topological polar surface area (TPSA) is 150 Å². The van der Waals surface area contributed by atoms with Crippen LogP contribution in [-0.2, 0) is 53.1 Å². The monoisotopic (exact) mass is 1050 g/mol. The highest BCUT2D eigenvalue weighted by Crippen LogP contribution is 2.46. The molecule has 1 aliphatic heterocycles. The number of hydrogen-bond donors (Lipinski definition) is 0. The molecule has 1 aliphatic rings. The van der Waals surface area contributed by atoms with E-state index in [1.165, 1.54) is 32.7 Å². The van der Waals surface area contributed by atoms with Crippen LogP contribution in [0.3, 0.4) is 0 Å². The first kappa shape index (κ1) is 55.2. The van der Waals surface area contributed by atoms with Crippen molar-refractivity contribution < 1.29 is 36.0 Å². The zero-order valence-electron chi connectivity index (χ0n) is 41.4. The van der Waals surface area contributed by atoms with Gasteiger partial charge in [-0.2, -0.15) is 4.33 Å². The number of aryl methyl sites for hydroxylation is 2. The highest BCUT2D eigenvalue weighted by Gasteiger charge is 2.44. The van der Waals surface area contributed by atoms with E-state index in [2.05, 4.69) is 138 Å². The van der Waals surface area contributed by atoms with Crippen LogP contribution in [0.2, 0.25) is 0 Å². The maximum atomic E-state index is 13.0. The normalized spacial score (nSPS) is 12.9. The van der Waals surface area contributed by atoms with Crippen molar-refractivity contribution in [2.24, 2.45) is 0 Å². The maximum absolute atomic E-state index is 13.0. The third-order valence-electron chi connectivity index (χ3n) is 11.8. The Morgan fingerprint density at radius 1 is 0.592 bits per heavy atom. The molecule has 0 spiro atoms. The van der Waals surface area contributed by atoms with E-state index in [0.717, 1.165) is 64.6 Å². The molecule has 8 aromatic rings. The van der Waals surface area contributed by atoms with E-state index in [4.69, 9.17) is 13.0 Å². The van der Waals surface area contributed by atoms with Gasteiger partial charge < -0.3 is 9.81 Å². The van der Waals surface area contributed by atoms with Gasteiger partial charge in [-0.1, -0.05) is 140 Å². The van der Waals surface area contributed by atoms with Gasteiger partial charge in [0.05, 0.1) is 32.9 Å². The number of benzene rings is 7. The van der Waals surface area contributed by atoms with Crippen molar-refractivity contribution in [1.29, 1.82) is 0 Å². The Hall–Kier alpha value is -5.13. The van der Waals surface area contributed by atoms with E-state index in [0.29, 0.717) is 33.8 Å². The van der Waals surface area contributed by atoms with Crippen LogP contribution in [0, 0.1) is 0 Å². The van der Waals surface area contributed by atoms with Crippen LogP contribution in [0.15, 0.2) is 192 Å². The number of fused-ring (bicyclic) bond motifs is 4. The van der Waals surface area contributed by atoms with Crippen LogP contribution >= 0.6 is 22.5 Å². The SMILES string of the molecule is CC(C)c1cc(C(C)C)c(SOO[O-])c(C(C)C)c1.CCc1ccc(-[s+]2c3ccccc3c(=O)c3ccccc32)cc1.CCc1ccc([S+]2c3ccccc3S(=O)(=O)c3ccccc32)cc1.CS(=O)(=O)[O-]. The van der Waals surface area contributed by atoms with Crippen molar-refractivity contribution in [3.8, 4) is 4.90 Å². The molecular weight excluding hydrogens is 989 g/mol. The Bertz CT molecular complexity index is 3230. The molecule has 0 bridgehead atoms. The highest BCUT2D eigenvalue weighted by molar-refractivity contribution is 8.00. The molecule has 1 aromatic heterocycles. The van der Waals surface area contributed by atoms with Gasteiger partial charge in [0.2, 0.25) is 15.3 Å². The van der Waals surface area contributed by atoms with Crippen molar-refractivity contribution in [3.63, 3.8) is 0 Å². The van der Waals surface area contributed by atoms with Gasteiger partial charge >= 0.3 is 0 Å². The summed E-state index contributed by atoms with van der Waals surface area (Å²) in [6, 6.07) is 52.6. The first-order valence-electron chi connectivity index (χ1n) is 23.3. The minimum absolute atomic E-state index is 0.144. The van der Waals surface area contributed by atoms with E-state index in [1.807, 2.05) is 60.7 Å². The molecule has 7 aromatic carbocycles. The van der Waals surface area contributed by atoms with Crippen molar-refractivity contribution in [1.82, 2.24) is 0 Å². The van der Waals surface area contributed by atoms with Gasteiger partial charge in [-0.05, 0) is 131 Å². The quantitative estimate of drug-likeness (QED) is 0.0323. The lowest BCUT2D eigenvalue weighted by atomic mass is 9.89. The minimum atomic E-state index is -3.92. The number of rotatable bonds is 10. The van der Waals surface area contributed by atoms with E-state index in [9.17, 15) is 18.5 Å². The molecule has 0 saturated carbocycles. The lowest BCUT2D eigenvalue weighted by molar-refractivity contribution is -0.777. The zero-order valence-corrected chi connectivity index (χ0v) is 45.5. The highest BCUT2D eigenvalue weighted by atomic mass is 32.2. The van der Waals surface area contributed by atoms with Crippen molar-refractivity contribution >= 4 is 73.5 Å². The summed E-state index contributed by atoms with van der Waals surface area (Å²) in [4.78, 5) is 18.9. The summed E-state index contributed by atoms with van der Waals surface area (Å²) in [7, 11) is -7.97. The lowest BCUT2D eigenvalue weighted by Crippen LogP contribution is -2.20. The largest absolute Gasteiger partial charge is 0.748 e. The molecule has 0 unspecified atom stereocenters. The smallest absolute Gasteiger partial charge is 0.216 e. The van der Waals surface area contributed by atoms with Crippen LogP contribution in [0.4, 0.5) is 0 Å². The molecular formula is C57H60O9S5. The summed E-state index contributed by atoms with van der Waals surface area (Å²) < 4.78 is 60.0. The Labute approximate surface area is 429 Å². The Morgan fingerprint density at radius 2 is 0.986 bits per heavy atom. The molecule has 2 heterocycles. The second kappa shape index (κ2) is 24.5. The van der Waals surface area contributed by atoms with Crippen molar-refractivity contribution in [3.05, 3.63) is 196 Å². The fourth-order valence-electron chi connectivity index (χ4n) is 8.11. The van der Waals surface area contributed by atoms with E-state index >= 15 is 0 Å². The lowest BCUT2D eigenvalue weighted by Gasteiger charge is -2.21. The van der Waals surface area contributed by atoms with Gasteiger partial charge in [-0.25, -0.2) is 16.8 Å². The summed E-state index contributed by atoms with van der Waals surface area (Å²) in [5.41, 5.74) is 6.50. The van der Waals surface area contributed by atoms with Gasteiger partial charge in [0.15, 0.2) is 29.0 Å². The second-order valence-corrected chi connectivity index (χ2v) is 25.7. The third kappa shape index (κ3) is 13.3. The van der Waals surface area contributed by atoms with E-state index in [1.54, 1.807) is 24.3 Å². The van der Waals surface area contributed by atoms with Gasteiger partial charge in [0, 0.05) is 21.6 Å². The predicted octanol–water partition coefficient (Wildman–Crippen LogP) is 13.6. The van der Waals surface area contributed by atoms with Crippen LogP contribution in [-0.4, -0.2) is 27.6 Å². The van der Waals surface area contributed by atoms with Gasteiger partial charge in [-0.15, -0.1) is 0 Å². The first-order valence-corrected chi connectivity index (χ1v) is 29.8. The molecule has 9 rings (SSSR count). The Kier molecular flexibility index (Phi) is 19.1. The van der Waals surface area contributed by atoms with E-state index < -0.39 is 30.9 Å². The second-order valence-electron chi connectivity index (χ2n) is 17.7. The number of hydrogen-bond acceptors (Lipinski definition) is 10. The molecule has 0 aliphatic carbocycles. The van der Waals surface area contributed by atoms with E-state index in [-0.39, 0.29) is 15.9 Å². The Morgan fingerprint density at radius 3 is 1.38 bits per heavy atom. The zero-order chi connectivity index (χ0) is 51.6. The molecule has 9 nitrogen and oxygen atoms in total. The summed E-state index contributed by atoms with van der Waals surface area (Å²) >= 11 is 1.02. The molecule has 0 atom stereocenters. The van der Waals surface area contributed by atoms with Crippen LogP contribution in [0.5, 0.6) is 0 Å². The van der Waals surface area contributed by atoms with Crippen LogP contribution < -0.4 is 10.7 Å². The predicted molar refractivity (Wildman–Crippen MR) is 290 cm³/mol. The van der Waals surface area contributed by atoms with Crippen molar-refractivity contribution in [2.75, 3.05) is 6.26 Å². The summed E-state index contributed by atoms with van der Waals surface area (Å²) in [6.07, 6.45) is 2.64. The molecule has 0 radical (unpaired) electrons. The summed E-state index contributed by atoms with van der Waals surface area (Å²) in [6.45, 7) is 17.3. The van der Waals surface area contributed by atoms with Gasteiger partial charge in [-0.3, -0.25) is 9.83 Å². The third-order valence-corrected chi connectivity index (χ3v) is 19.3. The molecule has 71 heavy (non-hydrogen) atoms. The fourth-order valence-corrected chi connectivity index (χ4v) is 16.0. The molecule has 14 heteroatoms. The standard InChI is InChI=1S/C21H17OS.C20H17O2S2.C15H24O3S.CH4O3S/c1-2-15-11-13-16(14-12-15)23-19-9-5-3-7-17(19)21(22)18-8-4-6-10-20(18)23;1-2-15-11-13-16(14-12-15)23-17-7-3-5-9-19(17)24(21,22)20-10-6-4-8-18(20)23;1-9(2)12-7-13(10(3)4)15(19-18-17-16)14(8-12)11(5)6;1-5(2,3)4/h3-14H,2H2,1H3;3-14H,2H2,1H3;7-11,16H,1-6H3;1H3,(H,2,3,4)/q2*+1;;/p-2. The van der Waals surface area contributed by atoms with Gasteiger partial charge in [0.25, 0.3) is 0 Å². The minimum Gasteiger partial charge on any atom is -0.748 e. The molecule has 0 fully saturated rings. The molecule has 0 N–H and O–H groups in total.